The zero-order valence-electron chi connectivity index (χ0n) is 12.2. The van der Waals surface area contributed by atoms with Crippen molar-refractivity contribution in [2.45, 2.75) is 13.8 Å². The molecule has 3 aromatic rings. The largest absolute Gasteiger partial charge is 2.00 e. The first-order valence-corrected chi connectivity index (χ1v) is 6.81. The maximum absolute atomic E-state index is 3.37. The Morgan fingerprint density at radius 1 is 0.762 bits per heavy atom. The Bertz CT molecular complexity index is 744. The van der Waals surface area contributed by atoms with Crippen LogP contribution in [0.2, 0.25) is 0 Å². The summed E-state index contributed by atoms with van der Waals surface area (Å²) in [6.45, 7) is 4.25. The molecule has 0 aliphatic heterocycles. The monoisotopic (exact) mass is 440 g/mol. The maximum atomic E-state index is 3.37. The van der Waals surface area contributed by atoms with Crippen LogP contribution in [0, 0.1) is 26.0 Å². The Kier molecular flexibility index (Phi) is 5.15. The first-order chi connectivity index (χ1) is 9.75. The number of hydrogen-bond donors (Lipinski definition) is 0. The molecule has 0 spiro atoms. The van der Waals surface area contributed by atoms with Gasteiger partial charge >= 0.3 is 21.1 Å². The average molecular weight is 440 g/mol. The van der Waals surface area contributed by atoms with E-state index in [4.69, 9.17) is 0 Å². The minimum Gasteiger partial charge on any atom is -0.225 e. The van der Waals surface area contributed by atoms with Crippen LogP contribution < -0.4 is 0 Å². The summed E-state index contributed by atoms with van der Waals surface area (Å²) in [6, 6.07) is 27.5. The third-order valence-corrected chi connectivity index (χ3v) is 3.52. The molecule has 0 bridgehead atoms. The molecule has 3 rings (SSSR count). The fourth-order valence-corrected chi connectivity index (χ4v) is 2.48. The number of aryl methyl sites for hydroxylation is 2. The van der Waals surface area contributed by atoms with Crippen molar-refractivity contribution < 1.29 is 21.1 Å². The fourth-order valence-electron chi connectivity index (χ4n) is 2.48. The molecule has 102 valence electrons. The van der Waals surface area contributed by atoms with Crippen LogP contribution in [-0.2, 0) is 21.1 Å². The summed E-state index contributed by atoms with van der Waals surface area (Å²) in [5, 5.41) is 0. The van der Waals surface area contributed by atoms with Crippen molar-refractivity contribution in [1.29, 1.82) is 0 Å². The van der Waals surface area contributed by atoms with Crippen LogP contribution in [0.5, 0.6) is 0 Å². The molecule has 0 amide bonds. The topological polar surface area (TPSA) is 0 Å². The second-order valence-electron chi connectivity index (χ2n) is 5.05. The average Bonchev–Trinajstić information content (AvgIpc) is 2.48. The Balaban J connectivity index is 0.00000161. The summed E-state index contributed by atoms with van der Waals surface area (Å²) in [6.07, 6.45) is 0. The smallest absolute Gasteiger partial charge is 0.225 e. The summed E-state index contributed by atoms with van der Waals surface area (Å²) < 4.78 is 0. The van der Waals surface area contributed by atoms with E-state index in [0.29, 0.717) is 0 Å². The van der Waals surface area contributed by atoms with Crippen LogP contribution in [0.15, 0.2) is 60.7 Å². The number of hydrogen-bond acceptors (Lipinski definition) is 0. The zero-order chi connectivity index (χ0) is 13.9. The van der Waals surface area contributed by atoms with Gasteiger partial charge in [-0.3, -0.25) is 0 Å². The summed E-state index contributed by atoms with van der Waals surface area (Å²) in [5.74, 6) is 0. The second-order valence-corrected chi connectivity index (χ2v) is 5.05. The molecule has 0 saturated heterocycles. The maximum Gasteiger partial charge on any atom is 2.00 e. The molecule has 0 aliphatic rings. The predicted octanol–water partition coefficient (Wildman–Crippen LogP) is 5.24. The van der Waals surface area contributed by atoms with Gasteiger partial charge in [0.25, 0.3) is 0 Å². The normalized spacial score (nSPS) is 10.0. The van der Waals surface area contributed by atoms with Gasteiger partial charge in [-0.05, 0) is 6.92 Å². The molecule has 0 saturated carbocycles. The second kappa shape index (κ2) is 6.87. The molecular formula is C20H16W. The Hall–Kier alpha value is -1.65. The molecule has 0 heterocycles. The first-order valence-electron chi connectivity index (χ1n) is 6.81. The van der Waals surface area contributed by atoms with Crippen molar-refractivity contribution in [1.82, 2.24) is 0 Å². The Morgan fingerprint density at radius 3 is 2.29 bits per heavy atom. The Morgan fingerprint density at radius 2 is 1.52 bits per heavy atom. The number of benzene rings is 3. The molecule has 0 radical (unpaired) electrons. The van der Waals surface area contributed by atoms with Crippen LogP contribution in [0.1, 0.15) is 11.1 Å². The van der Waals surface area contributed by atoms with Gasteiger partial charge in [-0.2, -0.15) is 30.3 Å². The summed E-state index contributed by atoms with van der Waals surface area (Å²) in [4.78, 5) is 0. The van der Waals surface area contributed by atoms with Crippen molar-refractivity contribution >= 4 is 0 Å². The van der Waals surface area contributed by atoms with Gasteiger partial charge in [0.15, 0.2) is 0 Å². The van der Waals surface area contributed by atoms with E-state index in [1.54, 1.807) is 0 Å². The first kappa shape index (κ1) is 15.7. The van der Waals surface area contributed by atoms with E-state index >= 15 is 0 Å². The van der Waals surface area contributed by atoms with E-state index in [-0.39, 0.29) is 21.1 Å². The molecule has 0 aliphatic carbocycles. The summed E-state index contributed by atoms with van der Waals surface area (Å²) in [7, 11) is 0. The molecule has 0 atom stereocenters. The van der Waals surface area contributed by atoms with Crippen LogP contribution in [-0.4, -0.2) is 0 Å². The van der Waals surface area contributed by atoms with Gasteiger partial charge in [0.2, 0.25) is 0 Å². The van der Waals surface area contributed by atoms with Crippen molar-refractivity contribution in [2.75, 3.05) is 0 Å². The molecule has 0 aromatic heterocycles. The van der Waals surface area contributed by atoms with Gasteiger partial charge in [0.1, 0.15) is 0 Å². The predicted molar refractivity (Wildman–Crippen MR) is 84.5 cm³/mol. The van der Waals surface area contributed by atoms with E-state index in [2.05, 4.69) is 68.4 Å². The molecule has 0 nitrogen and oxygen atoms in total. The van der Waals surface area contributed by atoms with Crippen molar-refractivity contribution in [3.8, 4) is 22.3 Å². The molecule has 0 fully saturated rings. The standard InChI is InChI=1S/C20H16.W/c1-15-8-7-10-17(14-15)19-12-5-6-13-20(19)18-11-4-3-9-16(18)2;/h3-9,11,13-14H,1-2H3;/q-2;+2. The van der Waals surface area contributed by atoms with Gasteiger partial charge in [-0.25, -0.2) is 11.1 Å². The van der Waals surface area contributed by atoms with Gasteiger partial charge < -0.3 is 0 Å². The molecule has 1 heteroatoms. The van der Waals surface area contributed by atoms with E-state index in [1.165, 1.54) is 22.3 Å². The van der Waals surface area contributed by atoms with Gasteiger partial charge in [0, 0.05) is 0 Å². The van der Waals surface area contributed by atoms with Crippen molar-refractivity contribution in [3.05, 3.63) is 83.9 Å². The molecule has 3 aromatic carbocycles. The third-order valence-electron chi connectivity index (χ3n) is 3.52. The van der Waals surface area contributed by atoms with E-state index < -0.39 is 0 Å². The van der Waals surface area contributed by atoms with Crippen LogP contribution in [0.3, 0.4) is 0 Å². The summed E-state index contributed by atoms with van der Waals surface area (Å²) >= 11 is 0. The Labute approximate surface area is 141 Å². The minimum absolute atomic E-state index is 0. The van der Waals surface area contributed by atoms with E-state index in [1.807, 2.05) is 18.2 Å². The zero-order valence-corrected chi connectivity index (χ0v) is 15.1. The van der Waals surface area contributed by atoms with Gasteiger partial charge in [-0.15, -0.1) is 29.3 Å². The fraction of sp³-hybridized carbons (Fsp3) is 0.100. The molecule has 0 N–H and O–H groups in total. The van der Waals surface area contributed by atoms with Crippen molar-refractivity contribution in [3.63, 3.8) is 0 Å². The molecule has 21 heavy (non-hydrogen) atoms. The molecular weight excluding hydrogens is 424 g/mol. The number of rotatable bonds is 2. The van der Waals surface area contributed by atoms with Crippen LogP contribution in [0.4, 0.5) is 0 Å². The van der Waals surface area contributed by atoms with Crippen molar-refractivity contribution in [2.24, 2.45) is 0 Å². The van der Waals surface area contributed by atoms with E-state index in [9.17, 15) is 0 Å². The van der Waals surface area contributed by atoms with Gasteiger partial charge in [0.05, 0.1) is 0 Å². The van der Waals surface area contributed by atoms with Gasteiger partial charge in [-0.1, -0.05) is 42.3 Å². The van der Waals surface area contributed by atoms with E-state index in [0.717, 1.165) is 11.1 Å². The van der Waals surface area contributed by atoms with Crippen LogP contribution >= 0.6 is 0 Å². The molecule has 0 unspecified atom stereocenters. The quantitative estimate of drug-likeness (QED) is 0.479. The van der Waals surface area contributed by atoms with Crippen LogP contribution in [0.25, 0.3) is 22.3 Å². The minimum atomic E-state index is 0. The SMILES string of the molecule is Cc1cc[c-]c(-c2[c-]cccc2-c2ccccc2C)c1.[W+2]. The summed E-state index contributed by atoms with van der Waals surface area (Å²) in [5.41, 5.74) is 7.21. The third kappa shape index (κ3) is 3.33.